The first-order valence-electron chi connectivity index (χ1n) is 2.08. The predicted molar refractivity (Wildman–Crippen MR) is 35.6 cm³/mol. The van der Waals surface area contributed by atoms with Gasteiger partial charge in [0.2, 0.25) is 0 Å². The van der Waals surface area contributed by atoms with Crippen molar-refractivity contribution in [3.05, 3.63) is 0 Å². The van der Waals surface area contributed by atoms with Crippen LogP contribution in [0.15, 0.2) is 0 Å². The van der Waals surface area contributed by atoms with Crippen molar-refractivity contribution in [3.63, 3.8) is 0 Å². The molecular formula is C4H7O2S2-. The van der Waals surface area contributed by atoms with Crippen molar-refractivity contribution < 1.29 is 9.90 Å². The Hall–Kier alpha value is 0.170. The number of hydrogen-bond acceptors (Lipinski definition) is 4. The van der Waals surface area contributed by atoms with Gasteiger partial charge >= 0.3 is 0 Å². The molecule has 0 aliphatic rings. The van der Waals surface area contributed by atoms with Crippen LogP contribution >= 0.6 is 21.6 Å². The van der Waals surface area contributed by atoms with Crippen LogP contribution in [0.3, 0.4) is 0 Å². The molecule has 0 aromatic heterocycles. The highest BCUT2D eigenvalue weighted by Gasteiger charge is 1.99. The van der Waals surface area contributed by atoms with Crippen LogP contribution in [0.4, 0.5) is 0 Å². The lowest BCUT2D eigenvalue weighted by Gasteiger charge is -2.07. The van der Waals surface area contributed by atoms with Gasteiger partial charge in [-0.05, 0) is 13.2 Å². The summed E-state index contributed by atoms with van der Waals surface area (Å²) in [6.45, 7) is 1.61. The van der Waals surface area contributed by atoms with E-state index in [1.165, 1.54) is 21.6 Å². The summed E-state index contributed by atoms with van der Waals surface area (Å²) in [6, 6.07) is 0. The number of hydrogen-bond donors (Lipinski definition) is 0. The first-order valence-corrected chi connectivity index (χ1v) is 4.71. The van der Waals surface area contributed by atoms with Gasteiger partial charge in [0, 0.05) is 0 Å². The fourth-order valence-electron chi connectivity index (χ4n) is 0.184. The molecule has 0 aromatic rings. The lowest BCUT2D eigenvalue weighted by Crippen LogP contribution is -2.30. The maximum atomic E-state index is 9.94. The van der Waals surface area contributed by atoms with Crippen molar-refractivity contribution in [1.29, 1.82) is 0 Å². The van der Waals surface area contributed by atoms with Crippen LogP contribution in [0.5, 0.6) is 0 Å². The normalized spacial score (nSPS) is 13.2. The van der Waals surface area contributed by atoms with Crippen LogP contribution < -0.4 is 5.11 Å². The van der Waals surface area contributed by atoms with Gasteiger partial charge in [-0.3, -0.25) is 0 Å². The smallest absolute Gasteiger partial charge is 0.0550 e. The fraction of sp³-hybridized carbons (Fsp3) is 0.750. The zero-order chi connectivity index (χ0) is 6.57. The molecule has 0 saturated heterocycles. The van der Waals surface area contributed by atoms with E-state index in [1.807, 2.05) is 6.26 Å². The van der Waals surface area contributed by atoms with Crippen molar-refractivity contribution in [1.82, 2.24) is 0 Å². The van der Waals surface area contributed by atoms with E-state index >= 15 is 0 Å². The van der Waals surface area contributed by atoms with Crippen LogP contribution in [0.2, 0.25) is 0 Å². The summed E-state index contributed by atoms with van der Waals surface area (Å²) in [5.74, 6) is -0.996. The average molecular weight is 151 g/mol. The van der Waals surface area contributed by atoms with Crippen LogP contribution in [-0.2, 0) is 4.79 Å². The van der Waals surface area contributed by atoms with Gasteiger partial charge in [0.15, 0.2) is 0 Å². The molecule has 1 atom stereocenters. The van der Waals surface area contributed by atoms with Gasteiger partial charge in [-0.2, -0.15) is 0 Å². The third-order valence-electron chi connectivity index (χ3n) is 0.572. The van der Waals surface area contributed by atoms with E-state index in [4.69, 9.17) is 0 Å². The molecular weight excluding hydrogens is 144 g/mol. The highest BCUT2D eigenvalue weighted by Crippen LogP contribution is 2.22. The Morgan fingerprint density at radius 1 is 1.75 bits per heavy atom. The third-order valence-corrected chi connectivity index (χ3v) is 2.69. The summed E-state index contributed by atoms with van der Waals surface area (Å²) in [5.41, 5.74) is 0. The van der Waals surface area contributed by atoms with E-state index in [0.717, 1.165) is 0 Å². The molecule has 0 radical (unpaired) electrons. The van der Waals surface area contributed by atoms with E-state index in [2.05, 4.69) is 0 Å². The molecule has 0 heterocycles. The molecule has 48 valence electrons. The van der Waals surface area contributed by atoms with Gasteiger partial charge < -0.3 is 9.90 Å². The molecule has 0 aromatic carbocycles. The van der Waals surface area contributed by atoms with E-state index in [1.54, 1.807) is 6.92 Å². The molecule has 0 saturated carbocycles. The van der Waals surface area contributed by atoms with Crippen LogP contribution in [0.25, 0.3) is 0 Å². The minimum Gasteiger partial charge on any atom is -0.549 e. The second-order valence-corrected chi connectivity index (χ2v) is 4.03. The second kappa shape index (κ2) is 4.09. The number of carbonyl (C=O) groups excluding carboxylic acids is 1. The maximum Gasteiger partial charge on any atom is 0.0550 e. The van der Waals surface area contributed by atoms with E-state index in [9.17, 15) is 9.90 Å². The molecule has 0 amide bonds. The van der Waals surface area contributed by atoms with Crippen molar-refractivity contribution in [2.24, 2.45) is 0 Å². The summed E-state index contributed by atoms with van der Waals surface area (Å²) in [4.78, 5) is 9.94. The minimum absolute atomic E-state index is 0.398. The van der Waals surface area contributed by atoms with Gasteiger partial charge in [0.1, 0.15) is 0 Å². The predicted octanol–water partition coefficient (Wildman–Crippen LogP) is 0.136. The topological polar surface area (TPSA) is 40.1 Å². The Morgan fingerprint density at radius 2 is 2.25 bits per heavy atom. The minimum atomic E-state index is -0.996. The highest BCUT2D eigenvalue weighted by atomic mass is 33.1. The van der Waals surface area contributed by atoms with Gasteiger partial charge in [0.25, 0.3) is 0 Å². The highest BCUT2D eigenvalue weighted by molar-refractivity contribution is 8.76. The van der Waals surface area contributed by atoms with Crippen LogP contribution in [0.1, 0.15) is 6.92 Å². The monoisotopic (exact) mass is 151 g/mol. The summed E-state index contributed by atoms with van der Waals surface area (Å²) < 4.78 is 0. The molecule has 1 unspecified atom stereocenters. The summed E-state index contributed by atoms with van der Waals surface area (Å²) in [6.07, 6.45) is 1.84. The SMILES string of the molecule is CSSC(C)C(=O)[O-]. The van der Waals surface area contributed by atoms with Gasteiger partial charge in [-0.25, -0.2) is 0 Å². The van der Waals surface area contributed by atoms with E-state index < -0.39 is 11.2 Å². The largest absolute Gasteiger partial charge is 0.549 e. The number of rotatable bonds is 3. The Kier molecular flexibility index (Phi) is 4.18. The van der Waals surface area contributed by atoms with Crippen LogP contribution in [0, 0.1) is 0 Å². The average Bonchev–Trinajstić information content (AvgIpc) is 1.67. The van der Waals surface area contributed by atoms with E-state index in [-0.39, 0.29) is 0 Å². The number of carboxylic acids is 1. The fourth-order valence-corrected chi connectivity index (χ4v) is 1.65. The summed E-state index contributed by atoms with van der Waals surface area (Å²) >= 11 is 0. The molecule has 0 N–H and O–H groups in total. The Morgan fingerprint density at radius 3 is 2.38 bits per heavy atom. The quantitative estimate of drug-likeness (QED) is 0.538. The zero-order valence-corrected chi connectivity index (χ0v) is 6.34. The van der Waals surface area contributed by atoms with Gasteiger partial charge in [0.05, 0.1) is 11.2 Å². The molecule has 0 aliphatic carbocycles. The molecule has 4 heteroatoms. The molecule has 0 bridgehead atoms. The van der Waals surface area contributed by atoms with Crippen molar-refractivity contribution in [2.45, 2.75) is 12.2 Å². The second-order valence-electron chi connectivity index (χ2n) is 1.22. The molecule has 8 heavy (non-hydrogen) atoms. The first kappa shape index (κ1) is 8.17. The lowest BCUT2D eigenvalue weighted by atomic mass is 10.5. The lowest BCUT2D eigenvalue weighted by molar-refractivity contribution is -0.304. The van der Waals surface area contributed by atoms with Crippen LogP contribution in [-0.4, -0.2) is 17.5 Å². The van der Waals surface area contributed by atoms with Gasteiger partial charge in [-0.15, -0.1) is 0 Å². The van der Waals surface area contributed by atoms with Gasteiger partial charge in [-0.1, -0.05) is 21.6 Å². The van der Waals surface area contributed by atoms with Crippen molar-refractivity contribution in [3.8, 4) is 0 Å². The number of aliphatic carboxylic acids is 1. The zero-order valence-electron chi connectivity index (χ0n) is 4.71. The maximum absolute atomic E-state index is 9.94. The standard InChI is InChI=1S/C4H8O2S2/c1-3(4(5)6)8-7-2/h3H,1-2H3,(H,5,6)/p-1. The number of carbonyl (C=O) groups is 1. The molecule has 0 fully saturated rings. The summed E-state index contributed by atoms with van der Waals surface area (Å²) in [5, 5.41) is 9.55. The molecule has 0 aliphatic heterocycles. The van der Waals surface area contributed by atoms with Crippen molar-refractivity contribution >= 4 is 27.6 Å². The Labute approximate surface area is 56.4 Å². The molecule has 0 spiro atoms. The van der Waals surface area contributed by atoms with Crippen molar-refractivity contribution in [2.75, 3.05) is 6.26 Å². The Bertz CT molecular complexity index is 84.1. The molecule has 2 nitrogen and oxygen atoms in total. The third kappa shape index (κ3) is 3.21. The number of carboxylic acid groups (broad SMARTS) is 1. The summed E-state index contributed by atoms with van der Waals surface area (Å²) in [7, 11) is 2.73. The van der Waals surface area contributed by atoms with E-state index in [0.29, 0.717) is 0 Å². The Balaban J connectivity index is 3.32. The first-order chi connectivity index (χ1) is 3.68. The molecule has 0 rings (SSSR count).